The zero-order valence-electron chi connectivity index (χ0n) is 12.1. The van der Waals surface area contributed by atoms with Crippen LogP contribution in [0.1, 0.15) is 37.3 Å². The molecular formula is C17H17FO3. The third-order valence-corrected chi connectivity index (χ3v) is 4.80. The van der Waals surface area contributed by atoms with Gasteiger partial charge in [0.2, 0.25) is 0 Å². The second kappa shape index (κ2) is 4.79. The van der Waals surface area contributed by atoms with Crippen LogP contribution in [0.3, 0.4) is 0 Å². The van der Waals surface area contributed by atoms with E-state index in [0.29, 0.717) is 18.4 Å². The van der Waals surface area contributed by atoms with Crippen LogP contribution in [-0.4, -0.2) is 18.9 Å². The van der Waals surface area contributed by atoms with Crippen LogP contribution in [-0.2, 0) is 19.7 Å². The Morgan fingerprint density at radius 2 is 2.10 bits per heavy atom. The molecule has 4 heteroatoms. The topological polar surface area (TPSA) is 43.4 Å². The summed E-state index contributed by atoms with van der Waals surface area (Å²) in [5.41, 5.74) is 0.911. The van der Waals surface area contributed by atoms with Crippen LogP contribution in [0.5, 0.6) is 0 Å². The molecule has 0 aromatic heterocycles. The summed E-state index contributed by atoms with van der Waals surface area (Å²) in [6, 6.07) is 7.34. The average molecular weight is 288 g/mol. The molecule has 0 heterocycles. The van der Waals surface area contributed by atoms with Crippen LogP contribution in [0.15, 0.2) is 30.1 Å². The second-order valence-corrected chi connectivity index (χ2v) is 5.78. The van der Waals surface area contributed by atoms with Gasteiger partial charge < -0.3 is 4.74 Å². The van der Waals surface area contributed by atoms with Crippen molar-refractivity contribution >= 4 is 17.3 Å². The van der Waals surface area contributed by atoms with Crippen molar-refractivity contribution in [3.63, 3.8) is 0 Å². The van der Waals surface area contributed by atoms with Crippen molar-refractivity contribution in [2.45, 2.75) is 31.6 Å². The summed E-state index contributed by atoms with van der Waals surface area (Å²) in [5.74, 6) is -1.40. The van der Waals surface area contributed by atoms with Crippen molar-refractivity contribution in [2.75, 3.05) is 7.11 Å². The van der Waals surface area contributed by atoms with Crippen LogP contribution in [0, 0.1) is 5.92 Å². The lowest BCUT2D eigenvalue weighted by Gasteiger charge is -2.35. The first-order valence-electron chi connectivity index (χ1n) is 7.10. The zero-order chi connectivity index (χ0) is 15.2. The molecule has 1 saturated carbocycles. The van der Waals surface area contributed by atoms with Crippen molar-refractivity contribution in [3.8, 4) is 0 Å². The van der Waals surface area contributed by atoms with Gasteiger partial charge in [-0.3, -0.25) is 9.59 Å². The minimum Gasteiger partial charge on any atom is -0.469 e. The van der Waals surface area contributed by atoms with Crippen LogP contribution < -0.4 is 0 Å². The van der Waals surface area contributed by atoms with Crippen LogP contribution >= 0.6 is 0 Å². The van der Waals surface area contributed by atoms with E-state index in [4.69, 9.17) is 4.74 Å². The minimum absolute atomic E-state index is 0.0434. The molecule has 0 radical (unpaired) electrons. The molecule has 1 aromatic carbocycles. The number of allylic oxidation sites excluding steroid dienone is 2. The van der Waals surface area contributed by atoms with Gasteiger partial charge in [-0.1, -0.05) is 24.3 Å². The van der Waals surface area contributed by atoms with Gasteiger partial charge in [0, 0.05) is 6.42 Å². The van der Waals surface area contributed by atoms with E-state index in [-0.39, 0.29) is 24.0 Å². The van der Waals surface area contributed by atoms with Gasteiger partial charge >= 0.3 is 5.97 Å². The van der Waals surface area contributed by atoms with Gasteiger partial charge in [0.1, 0.15) is 11.2 Å². The first-order valence-corrected chi connectivity index (χ1v) is 7.10. The predicted molar refractivity (Wildman–Crippen MR) is 76.2 cm³/mol. The Hall–Kier alpha value is -1.97. The lowest BCUT2D eigenvalue weighted by molar-refractivity contribution is -0.149. The molecule has 1 spiro atoms. The number of carbonyl (C=O) groups excluding carboxylic acids is 2. The van der Waals surface area contributed by atoms with E-state index in [2.05, 4.69) is 0 Å². The summed E-state index contributed by atoms with van der Waals surface area (Å²) >= 11 is 0. The van der Waals surface area contributed by atoms with Crippen molar-refractivity contribution in [1.82, 2.24) is 0 Å². The maximum atomic E-state index is 14.9. The standard InChI is InChI=1S/C17H17FO3/c1-10-12-5-3-4-6-13(12)17(15(10)18)8-7-11(9-14(17)19)16(20)21-2/h3-6,11H,7-9H2,1-2H3/t11?,17-/m0/s1. The van der Waals surface area contributed by atoms with Crippen molar-refractivity contribution in [3.05, 3.63) is 41.2 Å². The maximum Gasteiger partial charge on any atom is 0.309 e. The fraction of sp³-hybridized carbons (Fsp3) is 0.412. The molecular weight excluding hydrogens is 271 g/mol. The normalized spacial score (nSPS) is 28.0. The average Bonchev–Trinajstić information content (AvgIpc) is 2.72. The van der Waals surface area contributed by atoms with Crippen LogP contribution in [0.2, 0.25) is 0 Å². The van der Waals surface area contributed by atoms with Gasteiger partial charge in [-0.2, -0.15) is 0 Å². The lowest BCUT2D eigenvalue weighted by atomic mass is 9.66. The second-order valence-electron chi connectivity index (χ2n) is 5.78. The number of ether oxygens (including phenoxy) is 1. The Morgan fingerprint density at radius 3 is 2.76 bits per heavy atom. The summed E-state index contributed by atoms with van der Waals surface area (Å²) in [4.78, 5) is 24.3. The van der Waals surface area contributed by atoms with Gasteiger partial charge in [-0.05, 0) is 36.5 Å². The number of ketones is 1. The smallest absolute Gasteiger partial charge is 0.309 e. The van der Waals surface area contributed by atoms with Gasteiger partial charge in [0.25, 0.3) is 0 Å². The number of rotatable bonds is 1. The molecule has 0 bridgehead atoms. The Labute approximate surface area is 122 Å². The molecule has 3 rings (SSSR count). The number of hydrogen-bond acceptors (Lipinski definition) is 3. The largest absolute Gasteiger partial charge is 0.469 e. The van der Waals surface area contributed by atoms with Crippen molar-refractivity contribution < 1.29 is 18.7 Å². The molecule has 2 atom stereocenters. The summed E-state index contributed by atoms with van der Waals surface area (Å²) < 4.78 is 19.6. The number of Topliss-reactive ketones (excluding diaryl/α,β-unsaturated/α-hetero) is 1. The van der Waals surface area contributed by atoms with E-state index in [1.54, 1.807) is 6.92 Å². The number of fused-ring (bicyclic) bond motifs is 2. The highest BCUT2D eigenvalue weighted by molar-refractivity contribution is 6.02. The number of benzene rings is 1. The Bertz CT molecular complexity index is 662. The van der Waals surface area contributed by atoms with E-state index in [0.717, 1.165) is 11.1 Å². The number of carbonyl (C=O) groups is 2. The first kappa shape index (κ1) is 14.0. The molecule has 2 aliphatic rings. The molecule has 0 aliphatic heterocycles. The van der Waals surface area contributed by atoms with Gasteiger partial charge in [-0.15, -0.1) is 0 Å². The molecule has 3 nitrogen and oxygen atoms in total. The van der Waals surface area contributed by atoms with E-state index in [1.165, 1.54) is 7.11 Å². The molecule has 2 aliphatic carbocycles. The number of halogens is 1. The highest BCUT2D eigenvalue weighted by Crippen LogP contribution is 2.53. The van der Waals surface area contributed by atoms with Crippen LogP contribution in [0.4, 0.5) is 4.39 Å². The fourth-order valence-electron chi connectivity index (χ4n) is 3.65. The Balaban J connectivity index is 2.04. The van der Waals surface area contributed by atoms with E-state index >= 15 is 0 Å². The highest BCUT2D eigenvalue weighted by Gasteiger charge is 2.53. The third-order valence-electron chi connectivity index (χ3n) is 4.80. The van der Waals surface area contributed by atoms with E-state index in [9.17, 15) is 14.0 Å². The molecule has 110 valence electrons. The highest BCUT2D eigenvalue weighted by atomic mass is 19.1. The summed E-state index contributed by atoms with van der Waals surface area (Å²) in [6.07, 6.45) is 0.834. The van der Waals surface area contributed by atoms with E-state index < -0.39 is 11.3 Å². The van der Waals surface area contributed by atoms with Crippen LogP contribution in [0.25, 0.3) is 5.57 Å². The van der Waals surface area contributed by atoms with Crippen molar-refractivity contribution in [1.29, 1.82) is 0 Å². The predicted octanol–water partition coefficient (Wildman–Crippen LogP) is 3.18. The summed E-state index contributed by atoms with van der Waals surface area (Å²) in [6.45, 7) is 1.71. The third kappa shape index (κ3) is 1.78. The molecule has 0 N–H and O–H groups in total. The maximum absolute atomic E-state index is 14.9. The number of hydrogen-bond donors (Lipinski definition) is 0. The quantitative estimate of drug-likeness (QED) is 0.745. The van der Waals surface area contributed by atoms with Gasteiger partial charge in [-0.25, -0.2) is 4.39 Å². The number of methoxy groups -OCH3 is 1. The Kier molecular flexibility index (Phi) is 3.19. The SMILES string of the molecule is COC(=O)C1CC[C@]2(C(=O)C1)C(F)=C(C)c1ccccc12. The molecule has 1 unspecified atom stereocenters. The Morgan fingerprint density at radius 1 is 1.38 bits per heavy atom. The molecule has 0 saturated heterocycles. The fourth-order valence-corrected chi connectivity index (χ4v) is 3.65. The summed E-state index contributed by atoms with van der Waals surface area (Å²) in [7, 11) is 1.31. The zero-order valence-corrected chi connectivity index (χ0v) is 12.1. The molecule has 1 aromatic rings. The first-order chi connectivity index (χ1) is 10.0. The molecule has 21 heavy (non-hydrogen) atoms. The van der Waals surface area contributed by atoms with Gasteiger partial charge in [0.05, 0.1) is 13.0 Å². The monoisotopic (exact) mass is 288 g/mol. The summed E-state index contributed by atoms with van der Waals surface area (Å²) in [5, 5.41) is 0. The van der Waals surface area contributed by atoms with Gasteiger partial charge in [0.15, 0.2) is 5.78 Å². The number of esters is 1. The molecule has 0 amide bonds. The van der Waals surface area contributed by atoms with Crippen molar-refractivity contribution in [2.24, 2.45) is 5.92 Å². The van der Waals surface area contributed by atoms with E-state index in [1.807, 2.05) is 24.3 Å². The minimum atomic E-state index is -1.18. The lowest BCUT2D eigenvalue weighted by Crippen LogP contribution is -2.42. The molecule has 1 fully saturated rings.